The molecule has 0 amide bonds. The van der Waals surface area contributed by atoms with Crippen molar-refractivity contribution in [3.05, 3.63) is 182 Å². The highest BCUT2D eigenvalue weighted by molar-refractivity contribution is 7.27. The molecule has 0 bridgehead atoms. The van der Waals surface area contributed by atoms with Crippen LogP contribution in [0.2, 0.25) is 0 Å². The first-order valence-electron chi connectivity index (χ1n) is 18.5. The van der Waals surface area contributed by atoms with E-state index in [4.69, 9.17) is 4.42 Å². The molecular formula is C52H30OS. The lowest BCUT2D eigenvalue weighted by atomic mass is 9.84. The summed E-state index contributed by atoms with van der Waals surface area (Å²) in [6, 6.07) is 66.5. The van der Waals surface area contributed by atoms with Crippen LogP contribution in [-0.4, -0.2) is 0 Å². The number of fused-ring (bicyclic) bond motifs is 12. The van der Waals surface area contributed by atoms with Crippen LogP contribution in [0.25, 0.3) is 119 Å². The second-order valence-electron chi connectivity index (χ2n) is 14.3. The van der Waals surface area contributed by atoms with Crippen molar-refractivity contribution >= 4 is 96.5 Å². The fourth-order valence-electron chi connectivity index (χ4n) is 9.09. The zero-order chi connectivity index (χ0) is 35.3. The van der Waals surface area contributed by atoms with Gasteiger partial charge >= 0.3 is 0 Å². The minimum absolute atomic E-state index is 0.916. The quantitative estimate of drug-likeness (QED) is 0.167. The minimum atomic E-state index is 0.916. The van der Waals surface area contributed by atoms with Crippen molar-refractivity contribution in [2.24, 2.45) is 0 Å². The van der Waals surface area contributed by atoms with Gasteiger partial charge in [-0.3, -0.25) is 0 Å². The molecule has 2 heteroatoms. The molecule has 10 aromatic carbocycles. The van der Waals surface area contributed by atoms with Crippen LogP contribution < -0.4 is 0 Å². The number of thiophene rings is 1. The zero-order valence-electron chi connectivity index (χ0n) is 29.1. The zero-order valence-corrected chi connectivity index (χ0v) is 30.0. The lowest BCUT2D eigenvalue weighted by Gasteiger charge is -2.19. The number of hydrogen-bond donors (Lipinski definition) is 0. The summed E-state index contributed by atoms with van der Waals surface area (Å²) in [5.74, 6) is 0. The molecule has 0 aliphatic carbocycles. The standard InChI is InChI=1S/C52H30OS/c1-2-13-32(14-3-1)48-38-18-8-10-20-40(38)49(41-21-11-9-19-39(41)48)42-27-26-34(36-16-6-7-17-37(36)42)33-23-25-45-47(30-33)53-46-29-28-44-43-24-22-31-12-4-5-15-35(31)51(43)54-52(44)50(45)46/h1-30H. The van der Waals surface area contributed by atoms with E-state index in [0.29, 0.717) is 0 Å². The van der Waals surface area contributed by atoms with Crippen LogP contribution in [0.1, 0.15) is 0 Å². The fourth-order valence-corrected chi connectivity index (χ4v) is 10.5. The first-order valence-corrected chi connectivity index (χ1v) is 19.3. The largest absolute Gasteiger partial charge is 0.456 e. The highest BCUT2D eigenvalue weighted by Crippen LogP contribution is 2.48. The summed E-state index contributed by atoms with van der Waals surface area (Å²) >= 11 is 1.88. The van der Waals surface area contributed by atoms with Gasteiger partial charge in [-0.1, -0.05) is 158 Å². The molecule has 0 aliphatic rings. The summed E-state index contributed by atoms with van der Waals surface area (Å²) in [4.78, 5) is 0. The molecule has 0 fully saturated rings. The van der Waals surface area contributed by atoms with Crippen LogP contribution in [-0.2, 0) is 0 Å². The molecule has 0 unspecified atom stereocenters. The summed E-state index contributed by atoms with van der Waals surface area (Å²) in [6.45, 7) is 0. The van der Waals surface area contributed by atoms with E-state index in [1.54, 1.807) is 0 Å². The SMILES string of the molecule is c1ccc(-c2c3ccccc3c(-c3ccc(-c4ccc5c(c4)oc4ccc6c7ccc8ccccc8c7sc6c45)c4ccccc34)c3ccccc23)cc1. The lowest BCUT2D eigenvalue weighted by molar-refractivity contribution is 0.669. The van der Waals surface area contributed by atoms with Crippen LogP contribution in [0.15, 0.2) is 186 Å². The minimum Gasteiger partial charge on any atom is -0.456 e. The molecule has 0 spiro atoms. The maximum Gasteiger partial charge on any atom is 0.136 e. The van der Waals surface area contributed by atoms with Gasteiger partial charge in [0.2, 0.25) is 0 Å². The van der Waals surface area contributed by atoms with Crippen molar-refractivity contribution in [1.29, 1.82) is 0 Å². The highest BCUT2D eigenvalue weighted by atomic mass is 32.1. The van der Waals surface area contributed by atoms with Gasteiger partial charge in [-0.25, -0.2) is 0 Å². The Morgan fingerprint density at radius 1 is 0.315 bits per heavy atom. The van der Waals surface area contributed by atoms with Crippen LogP contribution in [0.3, 0.4) is 0 Å². The average molecular weight is 703 g/mol. The molecule has 0 radical (unpaired) electrons. The maximum atomic E-state index is 6.66. The van der Waals surface area contributed by atoms with E-state index < -0.39 is 0 Å². The molecule has 54 heavy (non-hydrogen) atoms. The van der Waals surface area contributed by atoms with Crippen LogP contribution in [0.4, 0.5) is 0 Å². The molecule has 0 atom stereocenters. The highest BCUT2D eigenvalue weighted by Gasteiger charge is 2.20. The molecule has 0 saturated carbocycles. The Labute approximate surface area is 314 Å². The summed E-state index contributed by atoms with van der Waals surface area (Å²) in [5.41, 5.74) is 9.23. The maximum absolute atomic E-state index is 6.66. The third-order valence-corrected chi connectivity index (χ3v) is 12.7. The predicted molar refractivity (Wildman–Crippen MR) is 233 cm³/mol. The third kappa shape index (κ3) is 4.20. The second-order valence-corrected chi connectivity index (χ2v) is 15.3. The smallest absolute Gasteiger partial charge is 0.136 e. The summed E-state index contributed by atoms with van der Waals surface area (Å²) in [6.07, 6.45) is 0. The van der Waals surface area contributed by atoms with Gasteiger partial charge in [0.15, 0.2) is 0 Å². The van der Waals surface area contributed by atoms with Gasteiger partial charge in [-0.15, -0.1) is 11.3 Å². The van der Waals surface area contributed by atoms with Crippen LogP contribution in [0.5, 0.6) is 0 Å². The molecule has 0 saturated heterocycles. The topological polar surface area (TPSA) is 13.1 Å². The van der Waals surface area contributed by atoms with E-state index in [2.05, 4.69) is 182 Å². The van der Waals surface area contributed by atoms with Gasteiger partial charge in [0, 0.05) is 30.9 Å². The van der Waals surface area contributed by atoms with E-state index >= 15 is 0 Å². The van der Waals surface area contributed by atoms with Crippen molar-refractivity contribution in [3.63, 3.8) is 0 Å². The Morgan fingerprint density at radius 3 is 1.61 bits per heavy atom. The van der Waals surface area contributed by atoms with Crippen molar-refractivity contribution < 1.29 is 4.42 Å². The summed E-state index contributed by atoms with van der Waals surface area (Å²) < 4.78 is 9.29. The molecule has 0 N–H and O–H groups in total. The normalized spacial score (nSPS) is 12.1. The molecule has 2 aromatic heterocycles. The summed E-state index contributed by atoms with van der Waals surface area (Å²) in [5, 5.41) is 15.1. The van der Waals surface area contributed by atoms with Crippen LogP contribution in [0, 0.1) is 0 Å². The van der Waals surface area contributed by atoms with Gasteiger partial charge in [-0.2, -0.15) is 0 Å². The van der Waals surface area contributed by atoms with E-state index in [0.717, 1.165) is 22.1 Å². The predicted octanol–water partition coefficient (Wildman–Crippen LogP) is 15.6. The molecular weight excluding hydrogens is 673 g/mol. The Kier molecular flexibility index (Phi) is 6.28. The van der Waals surface area contributed by atoms with Gasteiger partial charge < -0.3 is 4.42 Å². The van der Waals surface area contributed by atoms with Crippen molar-refractivity contribution in [2.45, 2.75) is 0 Å². The van der Waals surface area contributed by atoms with E-state index in [1.165, 1.54) is 96.5 Å². The van der Waals surface area contributed by atoms with E-state index in [9.17, 15) is 0 Å². The second kappa shape index (κ2) is 11.4. The van der Waals surface area contributed by atoms with E-state index in [-0.39, 0.29) is 0 Å². The Balaban J connectivity index is 1.07. The average Bonchev–Trinajstić information content (AvgIpc) is 3.81. The number of benzene rings is 10. The Morgan fingerprint density at radius 2 is 0.870 bits per heavy atom. The van der Waals surface area contributed by atoms with Crippen molar-refractivity contribution in [2.75, 3.05) is 0 Å². The number of furan rings is 1. The molecule has 12 rings (SSSR count). The Hall–Kier alpha value is -6.74. The van der Waals surface area contributed by atoms with Gasteiger partial charge in [-0.05, 0) is 101 Å². The molecule has 250 valence electrons. The lowest BCUT2D eigenvalue weighted by Crippen LogP contribution is -1.92. The van der Waals surface area contributed by atoms with Crippen molar-refractivity contribution in [3.8, 4) is 33.4 Å². The fraction of sp³-hybridized carbons (Fsp3) is 0. The molecule has 1 nitrogen and oxygen atoms in total. The number of hydrogen-bond acceptors (Lipinski definition) is 2. The molecule has 2 heterocycles. The van der Waals surface area contributed by atoms with E-state index in [1.807, 2.05) is 11.3 Å². The molecule has 12 aromatic rings. The first kappa shape index (κ1) is 29.8. The molecule has 0 aliphatic heterocycles. The Bertz CT molecular complexity index is 3440. The van der Waals surface area contributed by atoms with Gasteiger partial charge in [0.05, 0.1) is 0 Å². The first-order chi connectivity index (χ1) is 26.8. The van der Waals surface area contributed by atoms with Gasteiger partial charge in [0.1, 0.15) is 11.2 Å². The van der Waals surface area contributed by atoms with Crippen molar-refractivity contribution in [1.82, 2.24) is 0 Å². The number of rotatable bonds is 3. The third-order valence-electron chi connectivity index (χ3n) is 11.5. The van der Waals surface area contributed by atoms with Gasteiger partial charge in [0.25, 0.3) is 0 Å². The monoisotopic (exact) mass is 702 g/mol. The summed E-state index contributed by atoms with van der Waals surface area (Å²) in [7, 11) is 0. The van der Waals surface area contributed by atoms with Crippen LogP contribution >= 0.6 is 11.3 Å².